The number of rotatable bonds is 3. The second-order valence-electron chi connectivity index (χ2n) is 8.51. The lowest BCUT2D eigenvalue weighted by Gasteiger charge is -2.32. The summed E-state index contributed by atoms with van der Waals surface area (Å²) in [6.07, 6.45) is -1.03. The molecule has 1 amide bonds. The lowest BCUT2D eigenvalue weighted by atomic mass is 9.75. The molecule has 6 heteroatoms. The molecule has 1 aliphatic rings. The Morgan fingerprint density at radius 3 is 2.17 bits per heavy atom. The maximum atomic E-state index is 11.2. The summed E-state index contributed by atoms with van der Waals surface area (Å²) in [4.78, 5) is 11.2. The van der Waals surface area contributed by atoms with Crippen LogP contribution in [-0.2, 0) is 9.31 Å². The molecule has 0 radical (unpaired) electrons. The Kier molecular flexibility index (Phi) is 4.77. The van der Waals surface area contributed by atoms with E-state index in [9.17, 15) is 4.79 Å². The van der Waals surface area contributed by atoms with Crippen molar-refractivity contribution in [2.75, 3.05) is 0 Å². The zero-order chi connectivity index (χ0) is 18.3. The molecule has 0 saturated carbocycles. The minimum atomic E-state index is -1.03. The first kappa shape index (κ1) is 18.8. The molecule has 1 aromatic rings. The zero-order valence-electron chi connectivity index (χ0n) is 15.6. The summed E-state index contributed by atoms with van der Waals surface area (Å²) in [6, 6.07) is 7.44. The van der Waals surface area contributed by atoms with E-state index in [2.05, 4.69) is 5.32 Å². The molecule has 1 heterocycles. The Morgan fingerprint density at radius 2 is 1.71 bits per heavy atom. The predicted molar refractivity (Wildman–Crippen MR) is 95.5 cm³/mol. The summed E-state index contributed by atoms with van der Waals surface area (Å²) >= 11 is 0. The minimum Gasteiger partial charge on any atom is -0.465 e. The van der Waals surface area contributed by atoms with Crippen molar-refractivity contribution in [3.8, 4) is 0 Å². The highest BCUT2D eigenvalue weighted by Gasteiger charge is 2.51. The van der Waals surface area contributed by atoms with Crippen LogP contribution in [0.25, 0.3) is 0 Å². The van der Waals surface area contributed by atoms with Crippen molar-refractivity contribution in [2.45, 2.75) is 65.7 Å². The standard InChI is InChI=1S/C18H28BNO4/c1-16(2,3)14(20-15(21)22)12-9-8-10-13(11-12)19-23-17(4,5)18(6,7)24-19/h8-11,14,20H,1-7H3,(H,21,22). The van der Waals surface area contributed by atoms with E-state index in [1.807, 2.05) is 72.7 Å². The Hall–Kier alpha value is -1.53. The van der Waals surface area contributed by atoms with Gasteiger partial charge in [0.05, 0.1) is 17.2 Å². The van der Waals surface area contributed by atoms with Crippen LogP contribution in [0.4, 0.5) is 4.79 Å². The molecule has 1 atom stereocenters. The number of hydrogen-bond acceptors (Lipinski definition) is 3. The van der Waals surface area contributed by atoms with Gasteiger partial charge in [0, 0.05) is 0 Å². The maximum Gasteiger partial charge on any atom is 0.494 e. The third kappa shape index (κ3) is 3.76. The van der Waals surface area contributed by atoms with E-state index in [-0.39, 0.29) is 11.5 Å². The average Bonchev–Trinajstić information content (AvgIpc) is 2.64. The van der Waals surface area contributed by atoms with Gasteiger partial charge in [-0.2, -0.15) is 0 Å². The fraction of sp³-hybridized carbons (Fsp3) is 0.611. The van der Waals surface area contributed by atoms with Gasteiger partial charge in [0.1, 0.15) is 0 Å². The van der Waals surface area contributed by atoms with Gasteiger partial charge in [-0.05, 0) is 44.1 Å². The molecule has 2 N–H and O–H groups in total. The van der Waals surface area contributed by atoms with Crippen molar-refractivity contribution < 1.29 is 19.2 Å². The van der Waals surface area contributed by atoms with Crippen LogP contribution < -0.4 is 10.8 Å². The van der Waals surface area contributed by atoms with E-state index in [1.54, 1.807) is 0 Å². The van der Waals surface area contributed by atoms with Crippen molar-refractivity contribution in [1.29, 1.82) is 0 Å². The first-order valence-corrected chi connectivity index (χ1v) is 8.28. The number of amides is 1. The number of carbonyl (C=O) groups is 1. The van der Waals surface area contributed by atoms with Gasteiger partial charge in [-0.15, -0.1) is 0 Å². The molecule has 1 aromatic carbocycles. The molecule has 0 aliphatic carbocycles. The monoisotopic (exact) mass is 333 g/mol. The molecule has 132 valence electrons. The molecule has 1 unspecified atom stereocenters. The average molecular weight is 333 g/mol. The lowest BCUT2D eigenvalue weighted by Crippen LogP contribution is -2.41. The van der Waals surface area contributed by atoms with Crippen molar-refractivity contribution in [3.63, 3.8) is 0 Å². The normalized spacial score (nSPS) is 20.7. The number of benzene rings is 1. The smallest absolute Gasteiger partial charge is 0.465 e. The van der Waals surface area contributed by atoms with Gasteiger partial charge < -0.3 is 19.7 Å². The van der Waals surface area contributed by atoms with E-state index in [4.69, 9.17) is 14.4 Å². The van der Waals surface area contributed by atoms with Crippen molar-refractivity contribution in [1.82, 2.24) is 5.32 Å². The van der Waals surface area contributed by atoms with E-state index in [0.717, 1.165) is 11.0 Å². The highest BCUT2D eigenvalue weighted by molar-refractivity contribution is 6.62. The summed E-state index contributed by atoms with van der Waals surface area (Å²) in [7, 11) is -0.458. The van der Waals surface area contributed by atoms with Crippen molar-refractivity contribution in [2.24, 2.45) is 5.41 Å². The Balaban J connectivity index is 2.34. The number of nitrogens with one attached hydrogen (secondary N) is 1. The van der Waals surface area contributed by atoms with Gasteiger partial charge in [0.25, 0.3) is 0 Å². The van der Waals surface area contributed by atoms with Crippen molar-refractivity contribution >= 4 is 18.7 Å². The van der Waals surface area contributed by atoms with E-state index in [0.29, 0.717) is 0 Å². The molecular formula is C18H28BNO4. The molecule has 1 saturated heterocycles. The fourth-order valence-corrected chi connectivity index (χ4v) is 2.79. The van der Waals surface area contributed by atoms with Crippen LogP contribution >= 0.6 is 0 Å². The Bertz CT molecular complexity index is 606. The van der Waals surface area contributed by atoms with Crippen LogP contribution in [0.1, 0.15) is 60.1 Å². The number of carboxylic acid groups (broad SMARTS) is 1. The molecule has 5 nitrogen and oxygen atoms in total. The molecule has 24 heavy (non-hydrogen) atoms. The molecule has 0 aromatic heterocycles. The van der Waals surface area contributed by atoms with E-state index < -0.39 is 24.4 Å². The molecule has 0 spiro atoms. The second-order valence-corrected chi connectivity index (χ2v) is 8.51. The van der Waals surface area contributed by atoms with Gasteiger partial charge in [-0.1, -0.05) is 45.0 Å². The van der Waals surface area contributed by atoms with Gasteiger partial charge in [-0.3, -0.25) is 0 Å². The quantitative estimate of drug-likeness (QED) is 0.833. The fourth-order valence-electron chi connectivity index (χ4n) is 2.79. The maximum absolute atomic E-state index is 11.2. The third-order valence-electron chi connectivity index (χ3n) is 4.90. The predicted octanol–water partition coefficient (Wildman–Crippen LogP) is 3.34. The SMILES string of the molecule is CC(C)(C)C(NC(=O)O)c1cccc(B2OC(C)(C)C(C)(C)O2)c1. The van der Waals surface area contributed by atoms with Crippen LogP contribution in [0.3, 0.4) is 0 Å². The van der Waals surface area contributed by atoms with Gasteiger partial charge >= 0.3 is 13.2 Å². The summed E-state index contributed by atoms with van der Waals surface area (Å²) in [5.74, 6) is 0. The van der Waals surface area contributed by atoms with Crippen LogP contribution in [-0.4, -0.2) is 29.5 Å². The molecule has 0 bridgehead atoms. The second kappa shape index (κ2) is 6.08. The highest BCUT2D eigenvalue weighted by Crippen LogP contribution is 2.37. The third-order valence-corrected chi connectivity index (χ3v) is 4.90. The minimum absolute atomic E-state index is 0.257. The number of hydrogen-bond donors (Lipinski definition) is 2. The van der Waals surface area contributed by atoms with E-state index >= 15 is 0 Å². The van der Waals surface area contributed by atoms with Crippen molar-refractivity contribution in [3.05, 3.63) is 29.8 Å². The summed E-state index contributed by atoms with van der Waals surface area (Å²) in [6.45, 7) is 14.1. The van der Waals surface area contributed by atoms with Gasteiger partial charge in [0.2, 0.25) is 0 Å². The first-order valence-electron chi connectivity index (χ1n) is 8.28. The van der Waals surface area contributed by atoms with Gasteiger partial charge in [-0.25, -0.2) is 4.79 Å². The Morgan fingerprint density at radius 1 is 1.17 bits per heavy atom. The molecule has 2 rings (SSSR count). The van der Waals surface area contributed by atoms with Gasteiger partial charge in [0.15, 0.2) is 0 Å². The van der Waals surface area contributed by atoms with Crippen LogP contribution in [0.15, 0.2) is 24.3 Å². The van der Waals surface area contributed by atoms with Crippen LogP contribution in [0, 0.1) is 5.41 Å². The highest BCUT2D eigenvalue weighted by atomic mass is 16.7. The first-order chi connectivity index (χ1) is 10.8. The zero-order valence-corrected chi connectivity index (χ0v) is 15.6. The lowest BCUT2D eigenvalue weighted by molar-refractivity contribution is 0.00578. The Labute approximate surface area is 144 Å². The van der Waals surface area contributed by atoms with E-state index in [1.165, 1.54) is 0 Å². The largest absolute Gasteiger partial charge is 0.494 e. The summed E-state index contributed by atoms with van der Waals surface area (Å²) < 4.78 is 12.2. The molecule has 1 fully saturated rings. The molecule has 1 aliphatic heterocycles. The summed E-state index contributed by atoms with van der Waals surface area (Å²) in [5, 5.41) is 11.8. The van der Waals surface area contributed by atoms with Crippen LogP contribution in [0.5, 0.6) is 0 Å². The topological polar surface area (TPSA) is 67.8 Å². The van der Waals surface area contributed by atoms with Crippen LogP contribution in [0.2, 0.25) is 0 Å². The summed E-state index contributed by atoms with van der Waals surface area (Å²) in [5.41, 5.74) is 0.726. The molecular weight excluding hydrogens is 305 g/mol.